The van der Waals surface area contributed by atoms with E-state index in [4.69, 9.17) is 4.98 Å². The summed E-state index contributed by atoms with van der Waals surface area (Å²) >= 11 is 0. The summed E-state index contributed by atoms with van der Waals surface area (Å²) in [6, 6.07) is 16.6. The van der Waals surface area contributed by atoms with Gasteiger partial charge in [-0.1, -0.05) is 36.4 Å². The van der Waals surface area contributed by atoms with Gasteiger partial charge in [0, 0.05) is 30.7 Å². The van der Waals surface area contributed by atoms with Crippen molar-refractivity contribution in [2.24, 2.45) is 0 Å². The SMILES string of the molecule is Cc1c(C)n(Cc2cccc(F)c2)c2c(N3CCc4ccccc4C3)nc(CS(=O)(=O)O)cc12. The van der Waals surface area contributed by atoms with Crippen LogP contribution in [0, 0.1) is 19.7 Å². The van der Waals surface area contributed by atoms with Crippen LogP contribution in [-0.4, -0.2) is 29.1 Å². The number of aromatic nitrogens is 2. The molecule has 2 aromatic carbocycles. The Labute approximate surface area is 198 Å². The zero-order valence-electron chi connectivity index (χ0n) is 19.1. The van der Waals surface area contributed by atoms with Gasteiger partial charge in [0.25, 0.3) is 10.1 Å². The van der Waals surface area contributed by atoms with Gasteiger partial charge in [0.1, 0.15) is 11.6 Å². The molecule has 34 heavy (non-hydrogen) atoms. The van der Waals surface area contributed by atoms with Crippen LogP contribution < -0.4 is 4.90 Å². The van der Waals surface area contributed by atoms with Crippen molar-refractivity contribution in [3.63, 3.8) is 0 Å². The smallest absolute Gasteiger partial charge is 0.270 e. The van der Waals surface area contributed by atoms with E-state index in [0.29, 0.717) is 24.6 Å². The van der Waals surface area contributed by atoms with E-state index < -0.39 is 15.9 Å². The van der Waals surface area contributed by atoms with E-state index >= 15 is 0 Å². The van der Waals surface area contributed by atoms with E-state index in [2.05, 4.69) is 21.6 Å². The highest BCUT2D eigenvalue weighted by Crippen LogP contribution is 2.35. The molecule has 0 spiro atoms. The second-order valence-electron chi connectivity index (χ2n) is 8.93. The minimum absolute atomic E-state index is 0.287. The highest BCUT2D eigenvalue weighted by atomic mass is 32.2. The maximum atomic E-state index is 13.9. The normalized spacial score (nSPS) is 13.9. The molecule has 0 radical (unpaired) electrons. The van der Waals surface area contributed by atoms with Gasteiger partial charge in [-0.2, -0.15) is 8.42 Å². The summed E-state index contributed by atoms with van der Waals surface area (Å²) in [5.41, 5.74) is 6.53. The number of fused-ring (bicyclic) bond motifs is 2. The number of hydrogen-bond donors (Lipinski definition) is 1. The van der Waals surface area contributed by atoms with Crippen molar-refractivity contribution in [2.75, 3.05) is 11.4 Å². The lowest BCUT2D eigenvalue weighted by Gasteiger charge is -2.31. The number of pyridine rings is 1. The molecule has 0 bridgehead atoms. The van der Waals surface area contributed by atoms with Gasteiger partial charge in [-0.25, -0.2) is 9.37 Å². The Hall–Kier alpha value is -3.23. The van der Waals surface area contributed by atoms with Gasteiger partial charge >= 0.3 is 0 Å². The fourth-order valence-corrected chi connectivity index (χ4v) is 5.39. The highest BCUT2D eigenvalue weighted by Gasteiger charge is 2.25. The molecule has 0 aliphatic carbocycles. The molecule has 5 rings (SSSR count). The maximum Gasteiger partial charge on any atom is 0.270 e. The number of hydrogen-bond acceptors (Lipinski definition) is 4. The third-order valence-electron chi connectivity index (χ3n) is 6.64. The van der Waals surface area contributed by atoms with Crippen LogP contribution in [0.3, 0.4) is 0 Å². The molecule has 0 saturated heterocycles. The zero-order chi connectivity index (χ0) is 24.0. The van der Waals surface area contributed by atoms with E-state index in [1.165, 1.54) is 23.3 Å². The molecule has 3 heterocycles. The molecule has 1 aliphatic heterocycles. The van der Waals surface area contributed by atoms with Gasteiger partial charge in [0.15, 0.2) is 5.82 Å². The maximum absolute atomic E-state index is 13.9. The van der Waals surface area contributed by atoms with Gasteiger partial charge in [0.2, 0.25) is 0 Å². The highest BCUT2D eigenvalue weighted by molar-refractivity contribution is 7.85. The van der Waals surface area contributed by atoms with Crippen LogP contribution in [0.4, 0.5) is 10.2 Å². The van der Waals surface area contributed by atoms with Crippen LogP contribution >= 0.6 is 0 Å². The zero-order valence-corrected chi connectivity index (χ0v) is 19.9. The first-order valence-electron chi connectivity index (χ1n) is 11.2. The molecule has 8 heteroatoms. The molecule has 6 nitrogen and oxygen atoms in total. The van der Waals surface area contributed by atoms with E-state index in [0.717, 1.165) is 40.7 Å². The fourth-order valence-electron chi connectivity index (χ4n) is 4.87. The largest absolute Gasteiger partial charge is 0.350 e. The van der Waals surface area contributed by atoms with Crippen LogP contribution in [0.15, 0.2) is 54.6 Å². The molecule has 2 aromatic heterocycles. The molecule has 176 valence electrons. The Morgan fingerprint density at radius 3 is 2.56 bits per heavy atom. The van der Waals surface area contributed by atoms with Crippen molar-refractivity contribution in [3.05, 3.63) is 94.1 Å². The Balaban J connectivity index is 1.70. The summed E-state index contributed by atoms with van der Waals surface area (Å²) in [6.45, 7) is 5.85. The monoisotopic (exact) mass is 479 g/mol. The lowest BCUT2D eigenvalue weighted by atomic mass is 10.00. The van der Waals surface area contributed by atoms with Crippen molar-refractivity contribution >= 4 is 26.8 Å². The molecular formula is C26H26FN3O3S. The average molecular weight is 480 g/mol. The van der Waals surface area contributed by atoms with Crippen molar-refractivity contribution < 1.29 is 17.4 Å². The molecular weight excluding hydrogens is 453 g/mol. The standard InChI is InChI=1S/C26H26FN3O3S/c1-17-18(2)30(14-19-6-5-9-22(27)12-19)25-24(17)13-23(16-34(31,32)33)28-26(25)29-11-10-20-7-3-4-8-21(20)15-29/h3-9,12-13H,10-11,14-16H2,1-2H3,(H,31,32,33). The summed E-state index contributed by atoms with van der Waals surface area (Å²) in [5.74, 6) is -0.156. The van der Waals surface area contributed by atoms with Crippen LogP contribution in [0.2, 0.25) is 0 Å². The Morgan fingerprint density at radius 2 is 1.82 bits per heavy atom. The second kappa shape index (κ2) is 8.52. The van der Waals surface area contributed by atoms with Crippen molar-refractivity contribution in [3.8, 4) is 0 Å². The van der Waals surface area contributed by atoms with Crippen LogP contribution in [0.1, 0.15) is 33.6 Å². The molecule has 1 aliphatic rings. The van der Waals surface area contributed by atoms with Gasteiger partial charge < -0.3 is 9.47 Å². The predicted molar refractivity (Wildman–Crippen MR) is 131 cm³/mol. The molecule has 4 aromatic rings. The van der Waals surface area contributed by atoms with Gasteiger partial charge in [0.05, 0.1) is 11.2 Å². The van der Waals surface area contributed by atoms with Crippen LogP contribution in [0.25, 0.3) is 10.9 Å². The summed E-state index contributed by atoms with van der Waals surface area (Å²) < 4.78 is 48.9. The third kappa shape index (κ3) is 4.31. The lowest BCUT2D eigenvalue weighted by molar-refractivity contribution is 0.481. The first kappa shape index (κ1) is 22.6. The van der Waals surface area contributed by atoms with Crippen molar-refractivity contribution in [1.82, 2.24) is 9.55 Å². The van der Waals surface area contributed by atoms with E-state index in [1.54, 1.807) is 12.1 Å². The Kier molecular flexibility index (Phi) is 5.65. The van der Waals surface area contributed by atoms with Gasteiger partial charge in [-0.3, -0.25) is 4.55 Å². The van der Waals surface area contributed by atoms with Gasteiger partial charge in [-0.15, -0.1) is 0 Å². The molecule has 0 saturated carbocycles. The van der Waals surface area contributed by atoms with E-state index in [1.807, 2.05) is 32.0 Å². The topological polar surface area (TPSA) is 75.4 Å². The third-order valence-corrected chi connectivity index (χ3v) is 7.30. The first-order valence-corrected chi connectivity index (χ1v) is 12.8. The minimum Gasteiger partial charge on any atom is -0.350 e. The molecule has 0 unspecified atom stereocenters. The number of aryl methyl sites for hydroxylation is 1. The molecule has 0 fully saturated rings. The number of anilines is 1. The summed E-state index contributed by atoms with van der Waals surface area (Å²) in [6.07, 6.45) is 0.852. The summed E-state index contributed by atoms with van der Waals surface area (Å²) in [7, 11) is -4.24. The number of rotatable bonds is 5. The predicted octanol–water partition coefficient (Wildman–Crippen LogP) is 4.79. The number of halogens is 1. The second-order valence-corrected chi connectivity index (χ2v) is 10.4. The first-order chi connectivity index (χ1) is 16.2. The van der Waals surface area contributed by atoms with Crippen molar-refractivity contribution in [1.29, 1.82) is 0 Å². The van der Waals surface area contributed by atoms with E-state index in [9.17, 15) is 17.4 Å². The summed E-state index contributed by atoms with van der Waals surface area (Å²) in [5, 5.41) is 0.886. The van der Waals surface area contributed by atoms with Crippen LogP contribution in [0.5, 0.6) is 0 Å². The number of benzene rings is 2. The molecule has 1 N–H and O–H groups in total. The van der Waals surface area contributed by atoms with E-state index in [-0.39, 0.29) is 5.82 Å². The van der Waals surface area contributed by atoms with Crippen molar-refractivity contribution in [2.45, 2.75) is 39.1 Å². The van der Waals surface area contributed by atoms with Gasteiger partial charge in [-0.05, 0) is 60.7 Å². The molecule has 0 amide bonds. The Bertz CT molecular complexity index is 1510. The average Bonchev–Trinajstić information content (AvgIpc) is 3.02. The van der Waals surface area contributed by atoms with Crippen LogP contribution in [-0.2, 0) is 35.4 Å². The minimum atomic E-state index is -4.24. The molecule has 0 atom stereocenters. The number of nitrogens with zero attached hydrogens (tertiary/aromatic N) is 3. The quantitative estimate of drug-likeness (QED) is 0.417. The summed E-state index contributed by atoms with van der Waals surface area (Å²) in [4.78, 5) is 6.91. The Morgan fingerprint density at radius 1 is 1.06 bits per heavy atom. The fraction of sp³-hybridized carbons (Fsp3) is 0.269. The lowest BCUT2D eigenvalue weighted by Crippen LogP contribution is -2.31.